The Morgan fingerprint density at radius 2 is 1.97 bits per heavy atom. The smallest absolute Gasteiger partial charge is 0.254 e. The number of hydrogen-bond donors (Lipinski definition) is 7. The summed E-state index contributed by atoms with van der Waals surface area (Å²) in [4.78, 5) is 32.7. The van der Waals surface area contributed by atoms with Crippen LogP contribution in [0.25, 0.3) is 5.76 Å². The molecule has 198 valence electrons. The fourth-order valence-corrected chi connectivity index (χ4v) is 5.92. The van der Waals surface area contributed by atoms with Gasteiger partial charge in [-0.3, -0.25) is 14.5 Å². The molecule has 1 aromatic rings. The van der Waals surface area contributed by atoms with Gasteiger partial charge in [-0.15, -0.1) is 0 Å². The second-order valence-corrected chi connectivity index (χ2v) is 9.82. The first-order chi connectivity index (χ1) is 17.3. The number of fused-ring (bicyclic) bond motifs is 3. The average Bonchev–Trinajstić information content (AvgIpc) is 2.81. The van der Waals surface area contributed by atoms with E-state index >= 15 is 0 Å². The van der Waals surface area contributed by atoms with Crippen molar-refractivity contribution in [1.29, 1.82) is 5.41 Å². The molecule has 0 saturated heterocycles. The zero-order valence-corrected chi connectivity index (χ0v) is 21.0. The van der Waals surface area contributed by atoms with E-state index < -0.39 is 63.7 Å². The number of hydrogen-bond acceptors (Lipinski definition) is 11. The predicted molar refractivity (Wildman–Crippen MR) is 135 cm³/mol. The molecule has 0 bridgehead atoms. The number of nitrogen functional groups attached to an aromatic ring is 1. The van der Waals surface area contributed by atoms with Crippen molar-refractivity contribution in [2.75, 3.05) is 26.4 Å². The molecule has 1 aromatic carbocycles. The molecule has 0 aromatic heterocycles. The second kappa shape index (κ2) is 8.89. The summed E-state index contributed by atoms with van der Waals surface area (Å²) in [6.07, 6.45) is 0.227. The predicted octanol–water partition coefficient (Wildman–Crippen LogP) is 0.757. The normalized spacial score (nSPS) is 27.7. The lowest BCUT2D eigenvalue weighted by molar-refractivity contribution is -0.138. The van der Waals surface area contributed by atoms with E-state index in [9.17, 15) is 30.0 Å². The Labute approximate surface area is 213 Å². The van der Waals surface area contributed by atoms with Gasteiger partial charge in [0.05, 0.1) is 28.7 Å². The highest BCUT2D eigenvalue weighted by atomic mass is 16.6. The van der Waals surface area contributed by atoms with Crippen LogP contribution in [0.1, 0.15) is 37.0 Å². The number of aromatic hydroxyl groups is 1. The van der Waals surface area contributed by atoms with Gasteiger partial charge in [-0.05, 0) is 58.3 Å². The summed E-state index contributed by atoms with van der Waals surface area (Å²) < 4.78 is 0. The number of nitrogens with zero attached hydrogens (tertiary/aromatic N) is 2. The van der Waals surface area contributed by atoms with Gasteiger partial charge < -0.3 is 42.1 Å². The molecule has 0 aliphatic heterocycles. The number of phenolic OH excluding ortho intramolecular Hbond substituents is 1. The van der Waals surface area contributed by atoms with Gasteiger partial charge in [0.25, 0.3) is 5.91 Å². The zero-order valence-electron chi connectivity index (χ0n) is 21.0. The molecule has 0 radical (unpaired) electrons. The molecule has 12 nitrogen and oxygen atoms in total. The first kappa shape index (κ1) is 26.2. The number of primary amides is 1. The molecule has 3 aliphatic carbocycles. The van der Waals surface area contributed by atoms with Crippen molar-refractivity contribution in [1.82, 2.24) is 4.90 Å². The summed E-state index contributed by atoms with van der Waals surface area (Å²) in [5.74, 6) is -5.35. The number of oxime groups is 1. The quantitative estimate of drug-likeness (QED) is 0.128. The number of phenols is 1. The minimum Gasteiger partial charge on any atom is -0.510 e. The average molecular weight is 514 g/mol. The van der Waals surface area contributed by atoms with Gasteiger partial charge in [-0.25, -0.2) is 0 Å². The summed E-state index contributed by atoms with van der Waals surface area (Å²) in [5, 5.41) is 57.3. The van der Waals surface area contributed by atoms with E-state index in [-0.39, 0.29) is 29.7 Å². The first-order valence-corrected chi connectivity index (χ1v) is 11.8. The Bertz CT molecular complexity index is 1330. The molecule has 1 amide bonds. The van der Waals surface area contributed by atoms with Gasteiger partial charge in [0.15, 0.2) is 5.60 Å². The van der Waals surface area contributed by atoms with Crippen LogP contribution in [0.15, 0.2) is 28.1 Å². The first-order valence-electron chi connectivity index (χ1n) is 11.8. The number of carbonyl (C=O) groups excluding carboxylic acids is 2. The molecule has 12 heteroatoms. The summed E-state index contributed by atoms with van der Waals surface area (Å²) in [6.45, 7) is 3.77. The highest BCUT2D eigenvalue weighted by molar-refractivity contribution is 6.34. The number of nitrogens with two attached hydrogens (primary N) is 2. The minimum absolute atomic E-state index is 0.0628. The van der Waals surface area contributed by atoms with Crippen LogP contribution in [0, 0.1) is 17.2 Å². The van der Waals surface area contributed by atoms with Crippen molar-refractivity contribution in [2.45, 2.75) is 38.3 Å². The molecule has 4 rings (SSSR count). The fraction of sp³-hybridized carbons (Fsp3) is 0.440. The number of carbonyl (C=O) groups is 2. The van der Waals surface area contributed by atoms with Crippen molar-refractivity contribution in [3.8, 4) is 5.75 Å². The third-order valence-electron chi connectivity index (χ3n) is 7.53. The van der Waals surface area contributed by atoms with Crippen molar-refractivity contribution in [3.63, 3.8) is 0 Å². The number of nitrogens with one attached hydrogen (secondary N) is 1. The van der Waals surface area contributed by atoms with Gasteiger partial charge in [0.1, 0.15) is 29.4 Å². The lowest BCUT2D eigenvalue weighted by atomic mass is 9.56. The van der Waals surface area contributed by atoms with E-state index in [4.69, 9.17) is 21.7 Å². The molecule has 4 atom stereocenters. The molecular formula is C25H31N5O7. The van der Waals surface area contributed by atoms with Crippen LogP contribution in [0.3, 0.4) is 0 Å². The number of anilines is 1. The molecule has 0 heterocycles. The van der Waals surface area contributed by atoms with Crippen LogP contribution < -0.4 is 11.5 Å². The van der Waals surface area contributed by atoms with E-state index in [1.165, 1.54) is 11.0 Å². The minimum atomic E-state index is -2.55. The van der Waals surface area contributed by atoms with Crippen LogP contribution in [0.5, 0.6) is 5.75 Å². The van der Waals surface area contributed by atoms with E-state index in [2.05, 4.69) is 5.16 Å². The van der Waals surface area contributed by atoms with E-state index in [0.717, 1.165) is 0 Å². The maximum atomic E-state index is 13.9. The fourth-order valence-electron chi connectivity index (χ4n) is 5.92. The van der Waals surface area contributed by atoms with Gasteiger partial charge in [0, 0.05) is 17.1 Å². The van der Waals surface area contributed by atoms with Crippen molar-refractivity contribution < 1.29 is 34.9 Å². The maximum Gasteiger partial charge on any atom is 0.254 e. The van der Waals surface area contributed by atoms with Crippen LogP contribution in [0.4, 0.5) is 5.69 Å². The summed E-state index contributed by atoms with van der Waals surface area (Å²) >= 11 is 0. The lowest BCUT2D eigenvalue weighted by Gasteiger charge is -2.51. The molecule has 37 heavy (non-hydrogen) atoms. The molecule has 1 saturated carbocycles. The van der Waals surface area contributed by atoms with E-state index in [1.54, 1.807) is 27.9 Å². The zero-order chi connectivity index (χ0) is 27.6. The number of rotatable bonds is 5. The molecule has 3 aliphatic rings. The standard InChI is InChI=1S/C25H31N5O7/c1-5-37-29-9(2)11-8-14(26)19(31)16-12(11)6-10-7-13-18(30(3)4)21(33)17(24(28)35)22(27)25(13,36)23(34)15(10)20(16)32/h8,10,13,18,27,31-33,36H,5-7,26H2,1-4H3,(H2,28,35)/b27-22?,29-9+/t10-,13-,18-,25+/m0/s1. The monoisotopic (exact) mass is 513 g/mol. The Hall–Kier alpha value is -3.90. The van der Waals surface area contributed by atoms with Crippen molar-refractivity contribution in [2.24, 2.45) is 22.7 Å². The number of ketones is 1. The largest absolute Gasteiger partial charge is 0.510 e. The van der Waals surface area contributed by atoms with Gasteiger partial charge in [0.2, 0.25) is 5.78 Å². The topological polar surface area (TPSA) is 216 Å². The number of likely N-dealkylation sites (N-methyl/N-ethyl adjacent to an activating group) is 1. The van der Waals surface area contributed by atoms with Gasteiger partial charge in [-0.1, -0.05) is 5.16 Å². The van der Waals surface area contributed by atoms with E-state index in [0.29, 0.717) is 23.4 Å². The highest BCUT2D eigenvalue weighted by Gasteiger charge is 2.63. The van der Waals surface area contributed by atoms with Crippen molar-refractivity contribution in [3.05, 3.63) is 39.7 Å². The number of amides is 1. The number of Topliss-reactive ketones (excluding diaryl/α,β-unsaturated/α-hetero) is 1. The lowest BCUT2D eigenvalue weighted by Crippen LogP contribution is -2.67. The number of aliphatic hydroxyl groups excluding tert-OH is 2. The second-order valence-electron chi connectivity index (χ2n) is 9.82. The van der Waals surface area contributed by atoms with E-state index in [1.807, 2.05) is 0 Å². The Kier molecular flexibility index (Phi) is 6.29. The van der Waals surface area contributed by atoms with Crippen LogP contribution in [-0.2, 0) is 20.8 Å². The Balaban J connectivity index is 1.97. The third kappa shape index (κ3) is 3.58. The van der Waals surface area contributed by atoms with Crippen molar-refractivity contribution >= 4 is 34.6 Å². The maximum absolute atomic E-state index is 13.9. The number of benzene rings is 1. The SMILES string of the molecule is CCO/N=C(\C)c1cc(N)c(O)c2c1C[C@H]1C[C@H]3[C@H](N(C)C)C(O)=C(C(N)=O)C(=N)[C@@]3(O)C(=O)C1=C2O. The van der Waals surface area contributed by atoms with Crippen LogP contribution >= 0.6 is 0 Å². The molecule has 1 fully saturated rings. The highest BCUT2D eigenvalue weighted by Crippen LogP contribution is 2.53. The third-order valence-corrected chi connectivity index (χ3v) is 7.53. The van der Waals surface area contributed by atoms with Crippen LogP contribution in [0.2, 0.25) is 0 Å². The molecular weight excluding hydrogens is 482 g/mol. The number of aliphatic hydroxyl groups is 3. The van der Waals surface area contributed by atoms with Gasteiger partial charge in [-0.2, -0.15) is 0 Å². The molecule has 0 unspecified atom stereocenters. The Morgan fingerprint density at radius 1 is 1.32 bits per heavy atom. The van der Waals surface area contributed by atoms with Gasteiger partial charge >= 0.3 is 0 Å². The summed E-state index contributed by atoms with van der Waals surface area (Å²) in [7, 11) is 3.20. The Morgan fingerprint density at radius 3 is 2.54 bits per heavy atom. The molecule has 9 N–H and O–H groups in total. The van der Waals surface area contributed by atoms with Crippen LogP contribution in [-0.4, -0.2) is 80.8 Å². The summed E-state index contributed by atoms with van der Waals surface area (Å²) in [6, 6.07) is 0.508. The molecule has 0 spiro atoms. The summed E-state index contributed by atoms with van der Waals surface area (Å²) in [5.41, 5.74) is 8.52.